The summed E-state index contributed by atoms with van der Waals surface area (Å²) >= 11 is 6.00. The van der Waals surface area contributed by atoms with Crippen molar-refractivity contribution in [3.63, 3.8) is 0 Å². The summed E-state index contributed by atoms with van der Waals surface area (Å²) in [4.78, 5) is 63.4. The van der Waals surface area contributed by atoms with Gasteiger partial charge in [-0.1, -0.05) is 31.9 Å². The highest BCUT2D eigenvalue weighted by molar-refractivity contribution is 9.09. The lowest BCUT2D eigenvalue weighted by Gasteiger charge is -2.14. The molecule has 0 atom stereocenters. The van der Waals surface area contributed by atoms with Crippen LogP contribution in [0, 0.1) is 0 Å². The van der Waals surface area contributed by atoms with Gasteiger partial charge in [0.1, 0.15) is 0 Å². The molecule has 1 fully saturated rings. The smallest absolute Gasteiger partial charge is 0.325 e. The van der Waals surface area contributed by atoms with E-state index in [4.69, 9.17) is 4.84 Å². The number of alkyl halides is 2. The summed E-state index contributed by atoms with van der Waals surface area (Å²) < 4.78 is 0. The molecule has 1 aliphatic rings. The van der Waals surface area contributed by atoms with Gasteiger partial charge in [-0.3, -0.25) is 19.2 Å². The molecule has 0 aromatic heterocycles. The van der Waals surface area contributed by atoms with E-state index in [1.165, 1.54) is 18.2 Å². The Morgan fingerprint density at radius 3 is 1.81 bits per heavy atom. The molecule has 1 aromatic rings. The van der Waals surface area contributed by atoms with Crippen LogP contribution in [0.3, 0.4) is 0 Å². The van der Waals surface area contributed by atoms with Crippen LogP contribution in [0.5, 0.6) is 0 Å². The highest BCUT2D eigenvalue weighted by Crippen LogP contribution is 2.22. The number of halogens is 2. The average Bonchev–Trinajstić information content (AvgIpc) is 2.93. The van der Waals surface area contributed by atoms with Crippen molar-refractivity contribution < 1.29 is 28.8 Å². The number of nitrogens with zero attached hydrogens (tertiary/aromatic N) is 1. The molecule has 1 aromatic carbocycles. The fraction of sp³-hybridized carbons (Fsp3) is 0.267. The summed E-state index contributed by atoms with van der Waals surface area (Å²) in [6.45, 7) is 0. The van der Waals surface area contributed by atoms with Crippen LogP contribution in [-0.2, 0) is 24.0 Å². The molecular formula is C15H13Br2N3O6. The van der Waals surface area contributed by atoms with Crippen LogP contribution >= 0.6 is 31.9 Å². The number of benzene rings is 1. The van der Waals surface area contributed by atoms with Gasteiger partial charge in [-0.15, -0.1) is 5.06 Å². The van der Waals surface area contributed by atoms with E-state index in [9.17, 15) is 24.0 Å². The number of hydroxylamine groups is 2. The van der Waals surface area contributed by atoms with Crippen molar-refractivity contribution in [3.8, 4) is 0 Å². The number of rotatable bonds is 6. The van der Waals surface area contributed by atoms with Gasteiger partial charge in [0.15, 0.2) is 0 Å². The number of hydrogen-bond donors (Lipinski definition) is 2. The van der Waals surface area contributed by atoms with Crippen molar-refractivity contribution in [2.45, 2.75) is 12.8 Å². The third-order valence-corrected chi connectivity index (χ3v) is 4.18. The molecule has 1 aliphatic heterocycles. The molecule has 1 heterocycles. The Labute approximate surface area is 164 Å². The molecule has 11 heteroatoms. The molecule has 0 unspecified atom stereocenters. The predicted molar refractivity (Wildman–Crippen MR) is 97.8 cm³/mol. The molecule has 2 rings (SSSR count). The number of imide groups is 1. The fourth-order valence-electron chi connectivity index (χ4n) is 2.07. The van der Waals surface area contributed by atoms with Crippen LogP contribution in [-0.4, -0.2) is 45.3 Å². The minimum atomic E-state index is -0.974. The molecule has 26 heavy (non-hydrogen) atoms. The third kappa shape index (κ3) is 5.11. The van der Waals surface area contributed by atoms with E-state index >= 15 is 0 Å². The molecule has 1 saturated heterocycles. The largest absolute Gasteiger partial charge is 0.364 e. The maximum Gasteiger partial charge on any atom is 0.364 e. The van der Waals surface area contributed by atoms with Gasteiger partial charge in [0.05, 0.1) is 16.2 Å². The van der Waals surface area contributed by atoms with Crippen molar-refractivity contribution >= 4 is 72.8 Å². The fourth-order valence-corrected chi connectivity index (χ4v) is 2.35. The summed E-state index contributed by atoms with van der Waals surface area (Å²) in [5.74, 6) is -2.95. The van der Waals surface area contributed by atoms with Crippen molar-refractivity contribution in [3.05, 3.63) is 23.8 Å². The van der Waals surface area contributed by atoms with Crippen molar-refractivity contribution in [2.24, 2.45) is 0 Å². The van der Waals surface area contributed by atoms with Crippen LogP contribution in [0.15, 0.2) is 18.2 Å². The summed E-state index contributed by atoms with van der Waals surface area (Å²) in [5.41, 5.74) is 0.399. The molecule has 138 valence electrons. The van der Waals surface area contributed by atoms with Gasteiger partial charge in [-0.2, -0.15) is 0 Å². The van der Waals surface area contributed by atoms with Crippen LogP contribution in [0.1, 0.15) is 23.2 Å². The molecule has 9 nitrogen and oxygen atoms in total. The molecule has 4 amide bonds. The second-order valence-corrected chi connectivity index (χ2v) is 6.24. The predicted octanol–water partition coefficient (Wildman–Crippen LogP) is 1.57. The summed E-state index contributed by atoms with van der Waals surface area (Å²) in [5, 5.41) is 5.53. The maximum atomic E-state index is 12.3. The topological polar surface area (TPSA) is 122 Å². The lowest BCUT2D eigenvalue weighted by atomic mass is 10.1. The average molecular weight is 491 g/mol. The van der Waals surface area contributed by atoms with Gasteiger partial charge < -0.3 is 15.5 Å². The number of carbonyl (C=O) groups excluding carboxylic acids is 5. The van der Waals surface area contributed by atoms with Crippen LogP contribution in [0.25, 0.3) is 0 Å². The minimum Gasteiger partial charge on any atom is -0.325 e. The Morgan fingerprint density at radius 1 is 0.923 bits per heavy atom. The van der Waals surface area contributed by atoms with Gasteiger partial charge in [0, 0.05) is 24.2 Å². The first kappa shape index (κ1) is 20.0. The second kappa shape index (κ2) is 8.90. The first-order valence-corrected chi connectivity index (χ1v) is 9.53. The molecule has 0 bridgehead atoms. The van der Waals surface area contributed by atoms with E-state index < -0.39 is 17.8 Å². The van der Waals surface area contributed by atoms with Gasteiger partial charge >= 0.3 is 5.97 Å². The number of amides is 4. The Hall–Kier alpha value is -2.27. The van der Waals surface area contributed by atoms with E-state index in [0.717, 1.165) is 0 Å². The highest BCUT2D eigenvalue weighted by Gasteiger charge is 2.33. The lowest BCUT2D eigenvalue weighted by molar-refractivity contribution is -0.172. The quantitative estimate of drug-likeness (QED) is 0.461. The van der Waals surface area contributed by atoms with Crippen molar-refractivity contribution in [1.29, 1.82) is 0 Å². The minimum absolute atomic E-state index is 0.0278. The first-order valence-electron chi connectivity index (χ1n) is 7.29. The van der Waals surface area contributed by atoms with Crippen molar-refractivity contribution in [1.82, 2.24) is 5.06 Å². The Morgan fingerprint density at radius 2 is 1.38 bits per heavy atom. The number of nitrogens with one attached hydrogen (secondary N) is 2. The molecular weight excluding hydrogens is 478 g/mol. The third-order valence-electron chi connectivity index (χ3n) is 3.16. The lowest BCUT2D eigenvalue weighted by Crippen LogP contribution is -2.32. The number of anilines is 2. The molecule has 0 aliphatic carbocycles. The Balaban J connectivity index is 2.27. The van der Waals surface area contributed by atoms with Crippen LogP contribution in [0.2, 0.25) is 0 Å². The Kier molecular flexibility index (Phi) is 6.86. The molecule has 0 radical (unpaired) electrons. The zero-order chi connectivity index (χ0) is 19.3. The molecule has 2 N–H and O–H groups in total. The van der Waals surface area contributed by atoms with Crippen molar-refractivity contribution in [2.75, 3.05) is 21.3 Å². The number of hydrogen-bond acceptors (Lipinski definition) is 6. The zero-order valence-corrected chi connectivity index (χ0v) is 16.4. The summed E-state index contributed by atoms with van der Waals surface area (Å²) in [7, 11) is 0. The van der Waals surface area contributed by atoms with E-state index in [1.54, 1.807) is 0 Å². The SMILES string of the molecule is O=C(CBr)Nc1cc(NC(=O)CBr)cc(C(=O)ON2C(=O)CCC2=O)c1. The molecule has 0 spiro atoms. The van der Waals surface area contributed by atoms with E-state index in [0.29, 0.717) is 5.06 Å². The van der Waals surface area contributed by atoms with E-state index in [-0.39, 0.29) is 52.3 Å². The normalized spacial score (nSPS) is 13.5. The summed E-state index contributed by atoms with van der Waals surface area (Å²) in [6, 6.07) is 4.06. The van der Waals surface area contributed by atoms with Crippen LogP contribution < -0.4 is 10.6 Å². The summed E-state index contributed by atoms with van der Waals surface area (Å²) in [6.07, 6.45) is -0.0555. The standard InChI is InChI=1S/C15H13Br2N3O6/c16-6-11(21)18-9-3-8(4-10(5-9)19-12(22)7-17)15(25)26-20-13(23)1-2-14(20)24/h3-5H,1-2,6-7H2,(H,18,21)(H,19,22). The first-order chi connectivity index (χ1) is 12.3. The number of carbonyl (C=O) groups is 5. The van der Waals surface area contributed by atoms with E-state index in [1.807, 2.05) is 0 Å². The zero-order valence-electron chi connectivity index (χ0n) is 13.2. The van der Waals surface area contributed by atoms with E-state index in [2.05, 4.69) is 42.5 Å². The van der Waals surface area contributed by atoms with Gasteiger partial charge in [-0.25, -0.2) is 4.79 Å². The van der Waals surface area contributed by atoms with Gasteiger partial charge in [-0.05, 0) is 18.2 Å². The monoisotopic (exact) mass is 489 g/mol. The second-order valence-electron chi connectivity index (χ2n) is 5.12. The van der Waals surface area contributed by atoms with Crippen LogP contribution in [0.4, 0.5) is 11.4 Å². The maximum absolute atomic E-state index is 12.3. The molecule has 0 saturated carbocycles. The van der Waals surface area contributed by atoms with Gasteiger partial charge in [0.25, 0.3) is 11.8 Å². The highest BCUT2D eigenvalue weighted by atomic mass is 79.9. The van der Waals surface area contributed by atoms with Gasteiger partial charge in [0.2, 0.25) is 11.8 Å². The Bertz CT molecular complexity index is 730.